The van der Waals surface area contributed by atoms with Crippen molar-refractivity contribution in [3.63, 3.8) is 0 Å². The van der Waals surface area contributed by atoms with Gasteiger partial charge < -0.3 is 24.2 Å². The summed E-state index contributed by atoms with van der Waals surface area (Å²) >= 11 is 0. The number of fused-ring (bicyclic) bond motifs is 2. The number of carbonyl (C=O) groups excluding carboxylic acids is 1. The summed E-state index contributed by atoms with van der Waals surface area (Å²) in [5, 5.41) is 9.87. The number of likely N-dealkylation sites (N-methyl/N-ethyl adjacent to an activating group) is 1. The van der Waals surface area contributed by atoms with E-state index in [1.54, 1.807) is 61.6 Å². The van der Waals surface area contributed by atoms with E-state index >= 15 is 0 Å². The van der Waals surface area contributed by atoms with E-state index in [4.69, 9.17) is 14.2 Å². The van der Waals surface area contributed by atoms with Gasteiger partial charge in [0, 0.05) is 43.5 Å². The number of aliphatic hydroxyl groups excluding tert-OH is 1. The number of pyridine rings is 1. The number of aliphatic hydroxyl groups is 1. The molecule has 206 valence electrons. The maximum absolute atomic E-state index is 13.7. The number of ether oxygens (including phenoxy) is 3. The minimum absolute atomic E-state index is 0.0160. The minimum atomic E-state index is -3.97. The van der Waals surface area contributed by atoms with Gasteiger partial charge in [0.25, 0.3) is 5.91 Å². The summed E-state index contributed by atoms with van der Waals surface area (Å²) in [4.78, 5) is 18.9. The van der Waals surface area contributed by atoms with Crippen molar-refractivity contribution >= 4 is 15.9 Å². The van der Waals surface area contributed by atoms with Crippen molar-refractivity contribution in [1.29, 1.82) is 0 Å². The molecule has 1 N–H and O–H groups in total. The Kier molecular flexibility index (Phi) is 7.48. The SMILES string of the molecule is C[C@@H]1CN([C@@H](C)CO)S(=O)(=O)c2ccc(-c3ccncc3)cc2O[C@@H]1CN(C)C(=O)c1ccc2c(c1)OCO2. The van der Waals surface area contributed by atoms with Crippen molar-refractivity contribution in [2.45, 2.75) is 30.9 Å². The first kappa shape index (κ1) is 26.9. The fourth-order valence-electron chi connectivity index (χ4n) is 4.77. The predicted molar refractivity (Wildman–Crippen MR) is 143 cm³/mol. The van der Waals surface area contributed by atoms with Crippen LogP contribution in [0.15, 0.2) is 65.8 Å². The fourth-order valence-corrected chi connectivity index (χ4v) is 6.60. The van der Waals surface area contributed by atoms with E-state index in [-0.39, 0.29) is 49.0 Å². The van der Waals surface area contributed by atoms with Gasteiger partial charge in [0.2, 0.25) is 16.8 Å². The summed E-state index contributed by atoms with van der Waals surface area (Å²) in [7, 11) is -2.29. The second-order valence-electron chi connectivity index (χ2n) is 9.89. The number of hydrogen-bond donors (Lipinski definition) is 1. The zero-order valence-electron chi connectivity index (χ0n) is 22.0. The van der Waals surface area contributed by atoms with Crippen LogP contribution in [0.2, 0.25) is 0 Å². The van der Waals surface area contributed by atoms with Gasteiger partial charge in [0.05, 0.1) is 13.2 Å². The normalized spacial score (nSPS) is 20.7. The first-order valence-corrected chi connectivity index (χ1v) is 14.1. The molecule has 11 heteroatoms. The van der Waals surface area contributed by atoms with Crippen LogP contribution in [0.1, 0.15) is 24.2 Å². The summed E-state index contributed by atoms with van der Waals surface area (Å²) in [5.74, 6) is 0.761. The Labute approximate surface area is 227 Å². The predicted octanol–water partition coefficient (Wildman–Crippen LogP) is 3.02. The van der Waals surface area contributed by atoms with Crippen molar-refractivity contribution in [2.24, 2.45) is 5.92 Å². The fraction of sp³-hybridized carbons (Fsp3) is 0.357. The Morgan fingerprint density at radius 2 is 1.82 bits per heavy atom. The minimum Gasteiger partial charge on any atom is -0.487 e. The Balaban J connectivity index is 1.49. The van der Waals surface area contributed by atoms with Gasteiger partial charge in [-0.2, -0.15) is 4.31 Å². The average molecular weight is 554 g/mol. The molecule has 2 aliphatic rings. The summed E-state index contributed by atoms with van der Waals surface area (Å²) in [6.07, 6.45) is 2.79. The molecular formula is C28H31N3O7S. The van der Waals surface area contributed by atoms with Crippen LogP contribution in [0.4, 0.5) is 0 Å². The lowest BCUT2D eigenvalue weighted by Crippen LogP contribution is -2.50. The van der Waals surface area contributed by atoms with Crippen molar-refractivity contribution < 1.29 is 32.5 Å². The molecule has 2 aliphatic heterocycles. The highest BCUT2D eigenvalue weighted by atomic mass is 32.2. The van der Waals surface area contributed by atoms with Crippen molar-refractivity contribution in [3.05, 3.63) is 66.5 Å². The zero-order chi connectivity index (χ0) is 27.7. The average Bonchev–Trinajstić information content (AvgIpc) is 3.42. The Morgan fingerprint density at radius 3 is 2.56 bits per heavy atom. The van der Waals surface area contributed by atoms with Crippen molar-refractivity contribution in [3.8, 4) is 28.4 Å². The molecular weight excluding hydrogens is 522 g/mol. The van der Waals surface area contributed by atoms with Crippen LogP contribution in [-0.2, 0) is 10.0 Å². The molecule has 10 nitrogen and oxygen atoms in total. The molecule has 1 aromatic heterocycles. The second-order valence-corrected chi connectivity index (χ2v) is 11.8. The van der Waals surface area contributed by atoms with Crippen LogP contribution in [0.3, 0.4) is 0 Å². The van der Waals surface area contributed by atoms with E-state index < -0.39 is 22.2 Å². The highest BCUT2D eigenvalue weighted by Crippen LogP contribution is 2.37. The number of aromatic nitrogens is 1. The van der Waals surface area contributed by atoms with Gasteiger partial charge in [0.1, 0.15) is 16.7 Å². The van der Waals surface area contributed by atoms with Gasteiger partial charge in [-0.3, -0.25) is 9.78 Å². The molecule has 0 saturated heterocycles. The van der Waals surface area contributed by atoms with Gasteiger partial charge in [0.15, 0.2) is 11.5 Å². The van der Waals surface area contributed by atoms with Gasteiger partial charge >= 0.3 is 0 Å². The van der Waals surface area contributed by atoms with Crippen LogP contribution >= 0.6 is 0 Å². The molecule has 0 unspecified atom stereocenters. The summed E-state index contributed by atoms with van der Waals surface area (Å²) in [6, 6.07) is 13.0. The summed E-state index contributed by atoms with van der Waals surface area (Å²) in [6.45, 7) is 3.66. The largest absolute Gasteiger partial charge is 0.487 e. The topological polar surface area (TPSA) is 118 Å². The Hall–Kier alpha value is -3.67. The number of sulfonamides is 1. The van der Waals surface area contributed by atoms with Crippen LogP contribution in [-0.4, -0.2) is 79.3 Å². The lowest BCUT2D eigenvalue weighted by atomic mass is 10.0. The van der Waals surface area contributed by atoms with E-state index in [1.807, 2.05) is 19.1 Å². The van der Waals surface area contributed by atoms with Gasteiger partial charge in [-0.15, -0.1) is 0 Å². The standard InChI is InChI=1S/C28H31N3O7S/c1-18-14-31(19(2)16-32)39(34,35)27-7-5-21(20-8-10-29-11-9-20)12-25(27)38-26(18)15-30(3)28(33)22-4-6-23-24(13-22)37-17-36-23/h4-13,18-19,26,32H,14-17H2,1-3H3/t18-,19+,26-/m1/s1. The highest BCUT2D eigenvalue weighted by molar-refractivity contribution is 7.89. The first-order chi connectivity index (χ1) is 18.7. The quantitative estimate of drug-likeness (QED) is 0.495. The summed E-state index contributed by atoms with van der Waals surface area (Å²) < 4.78 is 45.9. The smallest absolute Gasteiger partial charge is 0.253 e. The lowest BCUT2D eigenvalue weighted by molar-refractivity contribution is 0.0563. The number of rotatable bonds is 6. The van der Waals surface area contributed by atoms with E-state index in [0.29, 0.717) is 17.1 Å². The summed E-state index contributed by atoms with van der Waals surface area (Å²) in [5.41, 5.74) is 2.07. The monoisotopic (exact) mass is 553 g/mol. The van der Waals surface area contributed by atoms with Gasteiger partial charge in [-0.25, -0.2) is 8.42 Å². The number of amides is 1. The Morgan fingerprint density at radius 1 is 1.08 bits per heavy atom. The van der Waals surface area contributed by atoms with E-state index in [0.717, 1.165) is 11.1 Å². The molecule has 3 heterocycles. The molecule has 2 aromatic carbocycles. The maximum Gasteiger partial charge on any atom is 0.253 e. The number of hydrogen-bond acceptors (Lipinski definition) is 8. The second kappa shape index (κ2) is 10.8. The molecule has 0 radical (unpaired) electrons. The van der Waals surface area contributed by atoms with Crippen molar-refractivity contribution in [2.75, 3.05) is 33.5 Å². The number of nitrogens with zero attached hydrogens (tertiary/aromatic N) is 3. The Bertz CT molecular complexity index is 1470. The molecule has 0 aliphatic carbocycles. The molecule has 0 bridgehead atoms. The maximum atomic E-state index is 13.7. The third-order valence-electron chi connectivity index (χ3n) is 7.10. The van der Waals surface area contributed by atoms with E-state index in [1.165, 1.54) is 10.4 Å². The van der Waals surface area contributed by atoms with Crippen LogP contribution in [0.25, 0.3) is 11.1 Å². The van der Waals surface area contributed by atoms with E-state index in [2.05, 4.69) is 4.98 Å². The first-order valence-electron chi connectivity index (χ1n) is 12.7. The van der Waals surface area contributed by atoms with Crippen molar-refractivity contribution in [1.82, 2.24) is 14.2 Å². The zero-order valence-corrected chi connectivity index (χ0v) is 22.8. The third-order valence-corrected chi connectivity index (χ3v) is 9.12. The number of benzene rings is 2. The molecule has 3 atom stereocenters. The molecule has 0 saturated carbocycles. The molecule has 1 amide bonds. The van der Waals surface area contributed by atoms with Crippen LogP contribution in [0.5, 0.6) is 17.2 Å². The van der Waals surface area contributed by atoms with Gasteiger partial charge in [-0.1, -0.05) is 13.0 Å². The van der Waals surface area contributed by atoms with Crippen LogP contribution in [0, 0.1) is 5.92 Å². The molecule has 39 heavy (non-hydrogen) atoms. The third kappa shape index (κ3) is 5.29. The lowest BCUT2D eigenvalue weighted by Gasteiger charge is -2.37. The highest BCUT2D eigenvalue weighted by Gasteiger charge is 2.38. The molecule has 0 spiro atoms. The molecule has 3 aromatic rings. The molecule has 0 fully saturated rings. The van der Waals surface area contributed by atoms with Gasteiger partial charge in [-0.05, 0) is 60.5 Å². The van der Waals surface area contributed by atoms with Crippen LogP contribution < -0.4 is 14.2 Å². The molecule has 5 rings (SSSR count). The number of carbonyl (C=O) groups is 1. The van der Waals surface area contributed by atoms with E-state index in [9.17, 15) is 18.3 Å².